The highest BCUT2D eigenvalue weighted by molar-refractivity contribution is 6.00. The summed E-state index contributed by atoms with van der Waals surface area (Å²) in [7, 11) is 0. The number of anilines is 2. The van der Waals surface area contributed by atoms with Crippen LogP contribution in [0.5, 0.6) is 11.5 Å². The van der Waals surface area contributed by atoms with E-state index in [2.05, 4.69) is 10.4 Å². The van der Waals surface area contributed by atoms with Crippen molar-refractivity contribution in [1.82, 2.24) is 14.7 Å². The zero-order valence-corrected chi connectivity index (χ0v) is 14.2. The van der Waals surface area contributed by atoms with Crippen molar-refractivity contribution in [3.8, 4) is 11.5 Å². The SMILES string of the molecule is CCn1[nH]c(=O)c2c(c1=O)Nc1cccc(C(=O)N3CCOCC3)c1O2. The van der Waals surface area contributed by atoms with Gasteiger partial charge in [-0.05, 0) is 19.1 Å². The Bertz CT molecular complexity index is 988. The molecule has 2 aliphatic rings. The number of nitrogens with zero attached hydrogens (tertiary/aromatic N) is 2. The van der Waals surface area contributed by atoms with E-state index in [-0.39, 0.29) is 23.1 Å². The van der Waals surface area contributed by atoms with E-state index in [9.17, 15) is 14.4 Å². The summed E-state index contributed by atoms with van der Waals surface area (Å²) in [6.07, 6.45) is 0. The molecule has 26 heavy (non-hydrogen) atoms. The van der Waals surface area contributed by atoms with Gasteiger partial charge in [-0.2, -0.15) is 0 Å². The fraction of sp³-hybridized carbons (Fsp3) is 0.353. The second kappa shape index (κ2) is 6.34. The predicted molar refractivity (Wildman–Crippen MR) is 93.5 cm³/mol. The summed E-state index contributed by atoms with van der Waals surface area (Å²) in [5.74, 6) is -0.0844. The number of nitrogens with one attached hydrogen (secondary N) is 2. The number of H-pyrrole nitrogens is 1. The molecule has 0 radical (unpaired) electrons. The number of morpholine rings is 1. The molecule has 4 rings (SSSR count). The van der Waals surface area contributed by atoms with Crippen LogP contribution in [0, 0.1) is 0 Å². The Hall–Kier alpha value is -3.07. The molecule has 1 aromatic heterocycles. The molecule has 0 bridgehead atoms. The molecular formula is C17H18N4O5. The summed E-state index contributed by atoms with van der Waals surface area (Å²) >= 11 is 0. The van der Waals surface area contributed by atoms with Gasteiger partial charge in [0, 0.05) is 19.6 Å². The van der Waals surface area contributed by atoms with Crippen molar-refractivity contribution in [1.29, 1.82) is 0 Å². The van der Waals surface area contributed by atoms with Crippen molar-refractivity contribution in [2.75, 3.05) is 31.6 Å². The van der Waals surface area contributed by atoms with Gasteiger partial charge in [0.1, 0.15) is 0 Å². The van der Waals surface area contributed by atoms with Crippen LogP contribution in [0.2, 0.25) is 0 Å². The van der Waals surface area contributed by atoms with Gasteiger partial charge in [0.25, 0.3) is 11.5 Å². The number of ether oxygens (including phenoxy) is 2. The number of rotatable bonds is 2. The number of para-hydroxylation sites is 1. The number of aromatic nitrogens is 2. The maximum absolute atomic E-state index is 12.8. The lowest BCUT2D eigenvalue weighted by Gasteiger charge is -2.29. The lowest BCUT2D eigenvalue weighted by molar-refractivity contribution is 0.0301. The number of benzene rings is 1. The normalized spacial score (nSPS) is 15.5. The molecule has 1 amide bonds. The number of hydrogen-bond acceptors (Lipinski definition) is 6. The van der Waals surface area contributed by atoms with Gasteiger partial charge in [0.05, 0.1) is 24.5 Å². The van der Waals surface area contributed by atoms with E-state index in [1.807, 2.05) is 0 Å². The van der Waals surface area contributed by atoms with Crippen molar-refractivity contribution in [3.05, 3.63) is 44.5 Å². The van der Waals surface area contributed by atoms with Crippen LogP contribution in [0.25, 0.3) is 0 Å². The van der Waals surface area contributed by atoms with E-state index in [4.69, 9.17) is 9.47 Å². The number of aryl methyl sites for hydroxylation is 1. The van der Waals surface area contributed by atoms with Gasteiger partial charge in [-0.15, -0.1) is 0 Å². The average molecular weight is 358 g/mol. The zero-order valence-electron chi connectivity index (χ0n) is 14.2. The highest BCUT2D eigenvalue weighted by Gasteiger charge is 2.29. The monoisotopic (exact) mass is 358 g/mol. The largest absolute Gasteiger partial charge is 0.446 e. The Balaban J connectivity index is 1.77. The maximum atomic E-state index is 12.8. The fourth-order valence-electron chi connectivity index (χ4n) is 3.09. The third kappa shape index (κ3) is 2.57. The molecule has 0 atom stereocenters. The molecule has 1 fully saturated rings. The minimum absolute atomic E-state index is 0.0686. The summed E-state index contributed by atoms with van der Waals surface area (Å²) in [5, 5.41) is 5.42. The zero-order chi connectivity index (χ0) is 18.3. The number of amides is 1. The van der Waals surface area contributed by atoms with Crippen molar-refractivity contribution < 1.29 is 14.3 Å². The Morgan fingerprint density at radius 3 is 2.69 bits per heavy atom. The summed E-state index contributed by atoms with van der Waals surface area (Å²) in [6, 6.07) is 5.05. The fourth-order valence-corrected chi connectivity index (χ4v) is 3.09. The molecule has 136 valence electrons. The number of carbonyl (C=O) groups is 1. The topological polar surface area (TPSA) is 106 Å². The van der Waals surface area contributed by atoms with Crippen LogP contribution in [0.1, 0.15) is 17.3 Å². The Morgan fingerprint density at radius 1 is 1.19 bits per heavy atom. The summed E-state index contributed by atoms with van der Waals surface area (Å²) < 4.78 is 12.2. The molecule has 9 nitrogen and oxygen atoms in total. The van der Waals surface area contributed by atoms with Gasteiger partial charge in [0.15, 0.2) is 11.4 Å². The third-order valence-electron chi connectivity index (χ3n) is 4.45. The maximum Gasteiger partial charge on any atom is 0.308 e. The molecule has 2 N–H and O–H groups in total. The van der Waals surface area contributed by atoms with Crippen LogP contribution in [0.3, 0.4) is 0 Å². The van der Waals surface area contributed by atoms with Gasteiger partial charge in [0.2, 0.25) is 5.75 Å². The van der Waals surface area contributed by atoms with E-state index in [0.717, 1.165) is 0 Å². The molecule has 0 saturated carbocycles. The predicted octanol–water partition coefficient (Wildman–Crippen LogP) is 0.878. The first-order valence-electron chi connectivity index (χ1n) is 8.42. The van der Waals surface area contributed by atoms with Crippen LogP contribution in [0.4, 0.5) is 11.4 Å². The Kier molecular flexibility index (Phi) is 4.00. The second-order valence-corrected chi connectivity index (χ2v) is 6.01. The number of aromatic amines is 1. The van der Waals surface area contributed by atoms with Gasteiger partial charge >= 0.3 is 5.56 Å². The van der Waals surface area contributed by atoms with Crippen LogP contribution < -0.4 is 21.2 Å². The standard InChI is InChI=1S/C17H18N4O5/c1-2-21-17(24)12-14(15(22)19-21)26-13-10(4-3-5-11(13)18-12)16(23)20-6-8-25-9-7-20/h3-5,18H,2,6-9H2,1H3,(H,19,22). The lowest BCUT2D eigenvalue weighted by atomic mass is 10.1. The molecule has 1 aromatic carbocycles. The molecule has 2 aliphatic heterocycles. The van der Waals surface area contributed by atoms with Crippen molar-refractivity contribution in [2.45, 2.75) is 13.5 Å². The van der Waals surface area contributed by atoms with E-state index in [0.29, 0.717) is 44.1 Å². The smallest absolute Gasteiger partial charge is 0.308 e. The van der Waals surface area contributed by atoms with Crippen molar-refractivity contribution in [2.24, 2.45) is 0 Å². The first-order chi connectivity index (χ1) is 12.6. The van der Waals surface area contributed by atoms with Crippen LogP contribution >= 0.6 is 0 Å². The summed E-state index contributed by atoms with van der Waals surface area (Å²) in [4.78, 5) is 39.3. The molecule has 3 heterocycles. The molecule has 2 aromatic rings. The van der Waals surface area contributed by atoms with Gasteiger partial charge < -0.3 is 19.7 Å². The van der Waals surface area contributed by atoms with E-state index < -0.39 is 11.1 Å². The molecule has 0 aliphatic carbocycles. The van der Waals surface area contributed by atoms with E-state index in [1.54, 1.807) is 30.0 Å². The molecule has 0 spiro atoms. The Labute approximate surface area is 148 Å². The molecule has 0 unspecified atom stereocenters. The highest BCUT2D eigenvalue weighted by Crippen LogP contribution is 2.40. The second-order valence-electron chi connectivity index (χ2n) is 6.01. The van der Waals surface area contributed by atoms with E-state index in [1.165, 1.54) is 4.68 Å². The van der Waals surface area contributed by atoms with Crippen LogP contribution in [-0.2, 0) is 11.3 Å². The quantitative estimate of drug-likeness (QED) is 0.704. The lowest BCUT2D eigenvalue weighted by Crippen LogP contribution is -2.41. The minimum atomic E-state index is -0.534. The molecule has 9 heteroatoms. The number of hydrogen-bond donors (Lipinski definition) is 2. The molecule has 1 saturated heterocycles. The number of fused-ring (bicyclic) bond motifs is 2. The average Bonchev–Trinajstić information content (AvgIpc) is 2.69. The van der Waals surface area contributed by atoms with Gasteiger partial charge in [-0.3, -0.25) is 19.5 Å². The van der Waals surface area contributed by atoms with Gasteiger partial charge in [-0.25, -0.2) is 4.68 Å². The third-order valence-corrected chi connectivity index (χ3v) is 4.45. The Morgan fingerprint density at radius 2 is 1.96 bits per heavy atom. The first-order valence-corrected chi connectivity index (χ1v) is 8.42. The highest BCUT2D eigenvalue weighted by atomic mass is 16.5. The van der Waals surface area contributed by atoms with E-state index >= 15 is 0 Å². The molecular weight excluding hydrogens is 340 g/mol. The van der Waals surface area contributed by atoms with Crippen molar-refractivity contribution >= 4 is 17.3 Å². The van der Waals surface area contributed by atoms with Gasteiger partial charge in [-0.1, -0.05) is 6.07 Å². The summed E-state index contributed by atoms with van der Waals surface area (Å²) in [5.41, 5.74) is -0.0477. The van der Waals surface area contributed by atoms with Crippen LogP contribution in [-0.4, -0.2) is 46.9 Å². The van der Waals surface area contributed by atoms with Crippen molar-refractivity contribution in [3.63, 3.8) is 0 Å². The number of carbonyl (C=O) groups excluding carboxylic acids is 1. The summed E-state index contributed by atoms with van der Waals surface area (Å²) in [6.45, 7) is 4.03. The first kappa shape index (κ1) is 16.4. The minimum Gasteiger partial charge on any atom is -0.446 e. The van der Waals surface area contributed by atoms with Crippen LogP contribution in [0.15, 0.2) is 27.8 Å².